The first kappa shape index (κ1) is 18.4. The van der Waals surface area contributed by atoms with Crippen molar-refractivity contribution in [2.45, 2.75) is 6.73 Å². The summed E-state index contributed by atoms with van der Waals surface area (Å²) in [5.74, 6) is -0.773. The maximum absolute atomic E-state index is 12.9. The Morgan fingerprint density at radius 1 is 1.19 bits per heavy atom. The number of aromatic nitrogens is 2. The van der Waals surface area contributed by atoms with Crippen LogP contribution in [0.2, 0.25) is 5.02 Å². The van der Waals surface area contributed by atoms with E-state index in [0.29, 0.717) is 16.3 Å². The van der Waals surface area contributed by atoms with Gasteiger partial charge in [0.25, 0.3) is 0 Å². The van der Waals surface area contributed by atoms with Crippen LogP contribution < -0.4 is 10.5 Å². The van der Waals surface area contributed by atoms with Crippen molar-refractivity contribution in [2.75, 3.05) is 0 Å². The van der Waals surface area contributed by atoms with Gasteiger partial charge in [-0.3, -0.25) is 0 Å². The van der Waals surface area contributed by atoms with Crippen molar-refractivity contribution in [3.63, 3.8) is 0 Å². The van der Waals surface area contributed by atoms with E-state index in [4.69, 9.17) is 26.9 Å². The molecule has 138 valence electrons. The molecule has 1 heterocycles. The third-order valence-electron chi connectivity index (χ3n) is 3.41. The Labute approximate surface area is 158 Å². The molecule has 0 aliphatic carbocycles. The molecule has 0 fully saturated rings. The van der Waals surface area contributed by atoms with Crippen molar-refractivity contribution in [3.05, 3.63) is 82.9 Å². The normalized spacial score (nSPS) is 11.3. The molecule has 0 atom stereocenters. The van der Waals surface area contributed by atoms with Crippen LogP contribution in [-0.2, 0) is 11.6 Å². The standard InChI is InChI=1S/C18H14ClFN4O3/c19-14-3-1-2-4-16(14)26-11-24-10-9-15(22-24)18(25)27-23-17(21)12-5-7-13(20)8-6-12/h1-10H,11H2,(H2,21,23). The first-order chi connectivity index (χ1) is 13.0. The second-order valence-corrected chi connectivity index (χ2v) is 5.71. The highest BCUT2D eigenvalue weighted by molar-refractivity contribution is 6.32. The van der Waals surface area contributed by atoms with Gasteiger partial charge in [-0.2, -0.15) is 5.10 Å². The van der Waals surface area contributed by atoms with Crippen LogP contribution in [0.1, 0.15) is 16.1 Å². The molecule has 7 nitrogen and oxygen atoms in total. The molecule has 3 aromatic rings. The van der Waals surface area contributed by atoms with Gasteiger partial charge in [-0.25, -0.2) is 13.9 Å². The summed E-state index contributed by atoms with van der Waals surface area (Å²) in [5, 5.41) is 8.04. The quantitative estimate of drug-likeness (QED) is 0.303. The summed E-state index contributed by atoms with van der Waals surface area (Å²) in [6.45, 7) is 0.0536. The summed E-state index contributed by atoms with van der Waals surface area (Å²) in [5.41, 5.74) is 6.14. The molecule has 2 aromatic carbocycles. The van der Waals surface area contributed by atoms with E-state index in [0.717, 1.165) is 0 Å². The van der Waals surface area contributed by atoms with Gasteiger partial charge in [0.2, 0.25) is 0 Å². The Bertz CT molecular complexity index is 973. The first-order valence-electron chi connectivity index (χ1n) is 7.74. The number of oxime groups is 1. The Hall–Kier alpha value is -3.39. The number of benzene rings is 2. The van der Waals surface area contributed by atoms with Gasteiger partial charge in [-0.1, -0.05) is 28.9 Å². The minimum Gasteiger partial charge on any atom is -0.470 e. The van der Waals surface area contributed by atoms with Crippen molar-refractivity contribution < 1.29 is 18.8 Å². The molecular weight excluding hydrogens is 375 g/mol. The molecule has 0 aliphatic rings. The van der Waals surface area contributed by atoms with Crippen molar-refractivity contribution >= 4 is 23.4 Å². The van der Waals surface area contributed by atoms with E-state index in [2.05, 4.69) is 10.3 Å². The van der Waals surface area contributed by atoms with Crippen LogP contribution in [-0.4, -0.2) is 21.6 Å². The highest BCUT2D eigenvalue weighted by atomic mass is 35.5. The van der Waals surface area contributed by atoms with Crippen molar-refractivity contribution in [3.8, 4) is 5.75 Å². The lowest BCUT2D eigenvalue weighted by Crippen LogP contribution is -2.15. The van der Waals surface area contributed by atoms with Crippen LogP contribution in [0.25, 0.3) is 0 Å². The lowest BCUT2D eigenvalue weighted by Gasteiger charge is -2.07. The number of amidine groups is 1. The van der Waals surface area contributed by atoms with Crippen molar-refractivity contribution in [1.82, 2.24) is 9.78 Å². The fourth-order valence-electron chi connectivity index (χ4n) is 2.05. The lowest BCUT2D eigenvalue weighted by atomic mass is 10.2. The first-order valence-corrected chi connectivity index (χ1v) is 8.12. The van der Waals surface area contributed by atoms with E-state index < -0.39 is 11.8 Å². The zero-order chi connectivity index (χ0) is 19.2. The number of para-hydroxylation sites is 1. The second kappa shape index (κ2) is 8.33. The summed E-state index contributed by atoms with van der Waals surface area (Å²) in [6, 6.07) is 13.7. The van der Waals surface area contributed by atoms with Gasteiger partial charge in [0.05, 0.1) is 5.02 Å². The molecule has 0 spiro atoms. The predicted molar refractivity (Wildman–Crippen MR) is 96.8 cm³/mol. The van der Waals surface area contributed by atoms with Crippen molar-refractivity contribution in [2.24, 2.45) is 10.9 Å². The zero-order valence-electron chi connectivity index (χ0n) is 13.9. The van der Waals surface area contributed by atoms with Crippen LogP contribution in [0.15, 0.2) is 65.9 Å². The largest absolute Gasteiger partial charge is 0.470 e. The number of rotatable bonds is 6. The molecule has 0 unspecified atom stereocenters. The summed E-state index contributed by atoms with van der Waals surface area (Å²) < 4.78 is 19.8. The Morgan fingerprint density at radius 2 is 1.93 bits per heavy atom. The summed E-state index contributed by atoms with van der Waals surface area (Å²) in [4.78, 5) is 16.8. The van der Waals surface area contributed by atoms with Gasteiger partial charge < -0.3 is 15.3 Å². The number of hydrogen-bond acceptors (Lipinski definition) is 5. The zero-order valence-corrected chi connectivity index (χ0v) is 14.6. The minimum atomic E-state index is -0.795. The van der Waals surface area contributed by atoms with Crippen LogP contribution >= 0.6 is 11.6 Å². The Balaban J connectivity index is 1.59. The minimum absolute atomic E-state index is 0.0217. The van der Waals surface area contributed by atoms with Gasteiger partial charge in [0.15, 0.2) is 18.3 Å². The van der Waals surface area contributed by atoms with Gasteiger partial charge in [0.1, 0.15) is 11.6 Å². The molecule has 2 N–H and O–H groups in total. The van der Waals surface area contributed by atoms with Crippen LogP contribution in [0.4, 0.5) is 4.39 Å². The number of halogens is 2. The number of nitrogens with two attached hydrogens (primary N) is 1. The topological polar surface area (TPSA) is 91.7 Å². The summed E-state index contributed by atoms with van der Waals surface area (Å²) >= 11 is 6.00. The maximum Gasteiger partial charge on any atom is 0.385 e. The SMILES string of the molecule is N/C(=N\OC(=O)c1ccn(COc2ccccc2Cl)n1)c1ccc(F)cc1. The second-order valence-electron chi connectivity index (χ2n) is 5.31. The number of nitrogens with zero attached hydrogens (tertiary/aromatic N) is 3. The van der Waals surface area contributed by atoms with E-state index >= 15 is 0 Å². The molecule has 27 heavy (non-hydrogen) atoms. The molecule has 1 aromatic heterocycles. The van der Waals surface area contributed by atoms with E-state index in [1.165, 1.54) is 35.0 Å². The highest BCUT2D eigenvalue weighted by Crippen LogP contribution is 2.23. The molecule has 0 aliphatic heterocycles. The highest BCUT2D eigenvalue weighted by Gasteiger charge is 2.12. The van der Waals surface area contributed by atoms with Gasteiger partial charge >= 0.3 is 5.97 Å². The number of hydrogen-bond donors (Lipinski definition) is 1. The summed E-state index contributed by atoms with van der Waals surface area (Å²) in [7, 11) is 0. The number of carbonyl (C=O) groups is 1. The van der Waals surface area contributed by atoms with Gasteiger partial charge in [0, 0.05) is 11.8 Å². The summed E-state index contributed by atoms with van der Waals surface area (Å²) in [6.07, 6.45) is 1.54. The maximum atomic E-state index is 12.9. The molecule has 0 saturated carbocycles. The smallest absolute Gasteiger partial charge is 0.385 e. The molecule has 0 saturated heterocycles. The molecule has 3 rings (SSSR count). The van der Waals surface area contributed by atoms with Gasteiger partial charge in [-0.15, -0.1) is 0 Å². The van der Waals surface area contributed by atoms with E-state index in [1.54, 1.807) is 30.5 Å². The molecule has 0 amide bonds. The fourth-order valence-corrected chi connectivity index (χ4v) is 2.24. The van der Waals surface area contributed by atoms with E-state index in [-0.39, 0.29) is 18.3 Å². The third-order valence-corrected chi connectivity index (χ3v) is 3.72. The molecular formula is C18H14ClFN4O3. The van der Waals surface area contributed by atoms with Gasteiger partial charge in [-0.05, 0) is 42.5 Å². The third kappa shape index (κ3) is 4.83. The van der Waals surface area contributed by atoms with E-state index in [1.807, 2.05) is 0 Å². The van der Waals surface area contributed by atoms with Crippen LogP contribution in [0.3, 0.4) is 0 Å². The number of ether oxygens (including phenoxy) is 1. The van der Waals surface area contributed by atoms with Crippen LogP contribution in [0.5, 0.6) is 5.75 Å². The molecule has 0 radical (unpaired) electrons. The molecule has 9 heteroatoms. The average molecular weight is 389 g/mol. The predicted octanol–water partition coefficient (Wildman–Crippen LogP) is 3.19. The molecule has 0 bridgehead atoms. The monoisotopic (exact) mass is 388 g/mol. The van der Waals surface area contributed by atoms with Crippen LogP contribution in [0, 0.1) is 5.82 Å². The number of carbonyl (C=O) groups excluding carboxylic acids is 1. The Morgan fingerprint density at radius 3 is 2.67 bits per heavy atom. The average Bonchev–Trinajstić information content (AvgIpc) is 3.15. The fraction of sp³-hybridized carbons (Fsp3) is 0.0556. The van der Waals surface area contributed by atoms with Crippen molar-refractivity contribution in [1.29, 1.82) is 0 Å². The lowest BCUT2D eigenvalue weighted by molar-refractivity contribution is 0.0507. The Kier molecular flexibility index (Phi) is 5.68. The van der Waals surface area contributed by atoms with E-state index in [9.17, 15) is 9.18 Å².